The van der Waals surface area contributed by atoms with E-state index in [1.54, 1.807) is 4.31 Å². The van der Waals surface area contributed by atoms with E-state index in [-0.39, 0.29) is 10.3 Å². The summed E-state index contributed by atoms with van der Waals surface area (Å²) in [7, 11) is -3.48. The molecule has 2 fully saturated rings. The molecule has 0 aliphatic carbocycles. The molecule has 0 amide bonds. The van der Waals surface area contributed by atoms with Crippen molar-refractivity contribution in [2.75, 3.05) is 26.2 Å². The van der Waals surface area contributed by atoms with Gasteiger partial charge in [0.2, 0.25) is 10.0 Å². The van der Waals surface area contributed by atoms with Crippen molar-refractivity contribution in [3.63, 3.8) is 0 Å². The largest absolute Gasteiger partial charge is 0.317 e. The topological polar surface area (TPSA) is 49.4 Å². The molecule has 3 rings (SSSR count). The molecule has 1 spiro atoms. The van der Waals surface area contributed by atoms with Crippen LogP contribution in [0.25, 0.3) is 0 Å². The fourth-order valence-electron chi connectivity index (χ4n) is 3.22. The number of hydrogen-bond donors (Lipinski definition) is 1. The van der Waals surface area contributed by atoms with Gasteiger partial charge in [0.15, 0.2) is 0 Å². The summed E-state index contributed by atoms with van der Waals surface area (Å²) < 4.78 is 39.6. The van der Waals surface area contributed by atoms with Gasteiger partial charge in [-0.1, -0.05) is 0 Å². The zero-order chi connectivity index (χ0) is 14.2. The first-order valence-electron chi connectivity index (χ1n) is 6.98. The Morgan fingerprint density at radius 1 is 1.10 bits per heavy atom. The maximum atomic E-state index is 12.9. The Morgan fingerprint density at radius 3 is 2.40 bits per heavy atom. The van der Waals surface area contributed by atoms with E-state index < -0.39 is 15.8 Å². The fourth-order valence-corrected chi connectivity index (χ4v) is 4.77. The first-order valence-corrected chi connectivity index (χ1v) is 8.42. The first kappa shape index (κ1) is 14.0. The molecule has 0 saturated carbocycles. The van der Waals surface area contributed by atoms with Gasteiger partial charge in [-0.05, 0) is 62.0 Å². The van der Waals surface area contributed by atoms with Crippen molar-refractivity contribution < 1.29 is 12.8 Å². The van der Waals surface area contributed by atoms with Gasteiger partial charge in [0.05, 0.1) is 4.90 Å². The minimum atomic E-state index is -3.48. The highest BCUT2D eigenvalue weighted by atomic mass is 32.2. The minimum absolute atomic E-state index is 0.137. The number of nitrogens with one attached hydrogen (secondary N) is 1. The second-order valence-electron chi connectivity index (χ2n) is 5.79. The highest BCUT2D eigenvalue weighted by molar-refractivity contribution is 7.89. The number of halogens is 1. The number of benzene rings is 1. The normalized spacial score (nSPS) is 23.2. The van der Waals surface area contributed by atoms with Crippen molar-refractivity contribution >= 4 is 10.0 Å². The third kappa shape index (κ3) is 2.47. The number of hydrogen-bond acceptors (Lipinski definition) is 3. The quantitative estimate of drug-likeness (QED) is 0.902. The molecule has 2 heterocycles. The lowest BCUT2D eigenvalue weighted by molar-refractivity contribution is 0.218. The summed E-state index contributed by atoms with van der Waals surface area (Å²) in [6.07, 6.45) is 2.99. The number of piperidine rings is 1. The first-order chi connectivity index (χ1) is 9.52. The number of rotatable bonds is 2. The molecule has 0 atom stereocenters. The standard InChI is InChI=1S/C14H19FN2O2S/c15-12-1-3-13(4-2-12)20(18,19)17-10-7-14(11-17)5-8-16-9-6-14/h1-4,16H,5-11H2. The summed E-state index contributed by atoms with van der Waals surface area (Å²) in [6, 6.07) is 5.09. The number of nitrogens with zero attached hydrogens (tertiary/aromatic N) is 1. The van der Waals surface area contributed by atoms with Gasteiger partial charge in [0.1, 0.15) is 5.82 Å². The van der Waals surface area contributed by atoms with Crippen LogP contribution in [0.3, 0.4) is 0 Å². The Bertz CT molecular complexity index is 580. The Kier molecular flexibility index (Phi) is 3.56. The van der Waals surface area contributed by atoms with Gasteiger partial charge in [0, 0.05) is 13.1 Å². The molecular weight excluding hydrogens is 279 g/mol. The zero-order valence-corrected chi connectivity index (χ0v) is 12.1. The predicted molar refractivity (Wildman–Crippen MR) is 74.3 cm³/mol. The van der Waals surface area contributed by atoms with Crippen molar-refractivity contribution in [3.05, 3.63) is 30.1 Å². The van der Waals surface area contributed by atoms with Crippen molar-refractivity contribution in [1.29, 1.82) is 0 Å². The molecule has 4 nitrogen and oxygen atoms in total. The van der Waals surface area contributed by atoms with Crippen molar-refractivity contribution in [3.8, 4) is 0 Å². The van der Waals surface area contributed by atoms with Crippen LogP contribution in [0.1, 0.15) is 19.3 Å². The Morgan fingerprint density at radius 2 is 1.75 bits per heavy atom. The van der Waals surface area contributed by atoms with Crippen LogP contribution in [-0.4, -0.2) is 38.9 Å². The Labute approximate surface area is 119 Å². The van der Waals surface area contributed by atoms with Crippen LogP contribution in [0, 0.1) is 11.2 Å². The molecule has 2 saturated heterocycles. The van der Waals surface area contributed by atoms with Crippen LogP contribution in [-0.2, 0) is 10.0 Å². The lowest BCUT2D eigenvalue weighted by Crippen LogP contribution is -2.39. The maximum Gasteiger partial charge on any atom is 0.243 e. The van der Waals surface area contributed by atoms with Crippen LogP contribution >= 0.6 is 0 Å². The van der Waals surface area contributed by atoms with Crippen molar-refractivity contribution in [1.82, 2.24) is 9.62 Å². The van der Waals surface area contributed by atoms with Crippen LogP contribution in [0.5, 0.6) is 0 Å². The summed E-state index contributed by atoms with van der Waals surface area (Å²) in [5.41, 5.74) is 0.137. The van der Waals surface area contributed by atoms with E-state index >= 15 is 0 Å². The molecule has 20 heavy (non-hydrogen) atoms. The van der Waals surface area contributed by atoms with Crippen LogP contribution in [0.2, 0.25) is 0 Å². The van der Waals surface area contributed by atoms with Gasteiger partial charge >= 0.3 is 0 Å². The summed E-state index contributed by atoms with van der Waals surface area (Å²) in [6.45, 7) is 3.09. The van der Waals surface area contributed by atoms with Crippen LogP contribution in [0.15, 0.2) is 29.2 Å². The molecule has 2 aliphatic heterocycles. The maximum absolute atomic E-state index is 12.9. The van der Waals surface area contributed by atoms with E-state index in [0.29, 0.717) is 13.1 Å². The monoisotopic (exact) mass is 298 g/mol. The zero-order valence-electron chi connectivity index (χ0n) is 11.3. The van der Waals surface area contributed by atoms with E-state index in [4.69, 9.17) is 0 Å². The van der Waals surface area contributed by atoms with Gasteiger partial charge in [-0.25, -0.2) is 12.8 Å². The average Bonchev–Trinajstić information content (AvgIpc) is 2.85. The van der Waals surface area contributed by atoms with Gasteiger partial charge in [0.25, 0.3) is 0 Å². The molecule has 6 heteroatoms. The van der Waals surface area contributed by atoms with E-state index in [0.717, 1.165) is 32.4 Å². The Hall–Kier alpha value is -0.980. The number of sulfonamides is 1. The molecule has 1 N–H and O–H groups in total. The Balaban J connectivity index is 1.81. The fraction of sp³-hybridized carbons (Fsp3) is 0.571. The average molecular weight is 298 g/mol. The molecule has 2 aliphatic rings. The van der Waals surface area contributed by atoms with Gasteiger partial charge in [-0.2, -0.15) is 4.31 Å². The minimum Gasteiger partial charge on any atom is -0.317 e. The SMILES string of the molecule is O=S(=O)(c1ccc(F)cc1)N1CCC2(CCNCC2)C1. The summed E-state index contributed by atoms with van der Waals surface area (Å²) in [4.78, 5) is 0.185. The van der Waals surface area contributed by atoms with E-state index in [1.807, 2.05) is 0 Å². The summed E-state index contributed by atoms with van der Waals surface area (Å²) >= 11 is 0. The molecule has 0 bridgehead atoms. The summed E-state index contributed by atoms with van der Waals surface area (Å²) in [5, 5.41) is 3.32. The predicted octanol–water partition coefficient (Wildman–Crippen LogP) is 1.59. The third-order valence-electron chi connectivity index (χ3n) is 4.52. The lowest BCUT2D eigenvalue weighted by atomic mass is 9.78. The second kappa shape index (κ2) is 5.09. The lowest BCUT2D eigenvalue weighted by Gasteiger charge is -2.33. The van der Waals surface area contributed by atoms with Gasteiger partial charge < -0.3 is 5.32 Å². The molecule has 0 unspecified atom stereocenters. The van der Waals surface area contributed by atoms with Crippen molar-refractivity contribution in [2.24, 2.45) is 5.41 Å². The van der Waals surface area contributed by atoms with Crippen LogP contribution < -0.4 is 5.32 Å². The third-order valence-corrected chi connectivity index (χ3v) is 6.38. The highest BCUT2D eigenvalue weighted by Crippen LogP contribution is 2.40. The van der Waals surface area contributed by atoms with Crippen LogP contribution in [0.4, 0.5) is 4.39 Å². The second-order valence-corrected chi connectivity index (χ2v) is 7.73. The van der Waals surface area contributed by atoms with Crippen molar-refractivity contribution in [2.45, 2.75) is 24.2 Å². The molecular formula is C14H19FN2O2S. The van der Waals surface area contributed by atoms with Gasteiger partial charge in [-0.3, -0.25) is 0 Å². The molecule has 110 valence electrons. The highest BCUT2D eigenvalue weighted by Gasteiger charge is 2.43. The molecule has 1 aromatic rings. The van der Waals surface area contributed by atoms with E-state index in [2.05, 4.69) is 5.32 Å². The van der Waals surface area contributed by atoms with E-state index in [9.17, 15) is 12.8 Å². The summed E-state index contributed by atoms with van der Waals surface area (Å²) in [5.74, 6) is -0.416. The van der Waals surface area contributed by atoms with E-state index in [1.165, 1.54) is 24.3 Å². The molecule has 1 aromatic carbocycles. The smallest absolute Gasteiger partial charge is 0.243 e. The van der Waals surface area contributed by atoms with Gasteiger partial charge in [-0.15, -0.1) is 0 Å². The molecule has 0 aromatic heterocycles. The molecule has 0 radical (unpaired) electrons.